The summed E-state index contributed by atoms with van der Waals surface area (Å²) in [5, 5.41) is 7.25. The van der Waals surface area contributed by atoms with E-state index >= 15 is 0 Å². The number of rotatable bonds is 4. The van der Waals surface area contributed by atoms with Crippen molar-refractivity contribution in [2.75, 3.05) is 43.4 Å². The van der Waals surface area contributed by atoms with E-state index in [4.69, 9.17) is 0 Å². The molecule has 0 bridgehead atoms. The molecule has 0 spiro atoms. The number of nitrogens with one attached hydrogen (secondary N) is 2. The lowest BCUT2D eigenvalue weighted by Crippen LogP contribution is -2.43. The number of hydrogen-bond acceptors (Lipinski definition) is 6. The molecule has 27 heavy (non-hydrogen) atoms. The first kappa shape index (κ1) is 17.8. The van der Waals surface area contributed by atoms with Gasteiger partial charge in [0.2, 0.25) is 9.84 Å². The SMILES string of the molecule is CNc1c(S(=O)(=O)c2ccccc2)cnc2c(N3CCNCC3)cccc12. The smallest absolute Gasteiger partial charge is 0.210 e. The van der Waals surface area contributed by atoms with Crippen LogP contribution in [-0.2, 0) is 9.84 Å². The fourth-order valence-corrected chi connectivity index (χ4v) is 4.98. The Morgan fingerprint density at radius 1 is 1.04 bits per heavy atom. The van der Waals surface area contributed by atoms with Gasteiger partial charge in [-0.05, 0) is 18.2 Å². The van der Waals surface area contributed by atoms with E-state index in [1.165, 1.54) is 6.20 Å². The number of para-hydroxylation sites is 1. The first-order valence-electron chi connectivity index (χ1n) is 8.98. The topological polar surface area (TPSA) is 74.3 Å². The number of aromatic nitrogens is 1. The zero-order valence-electron chi connectivity index (χ0n) is 15.1. The highest BCUT2D eigenvalue weighted by Crippen LogP contribution is 2.36. The molecule has 0 aliphatic carbocycles. The molecule has 1 aliphatic heterocycles. The van der Waals surface area contributed by atoms with Crippen molar-refractivity contribution < 1.29 is 8.42 Å². The molecule has 4 rings (SSSR count). The minimum Gasteiger partial charge on any atom is -0.386 e. The van der Waals surface area contributed by atoms with Crippen molar-refractivity contribution in [3.05, 3.63) is 54.7 Å². The maximum absolute atomic E-state index is 13.1. The van der Waals surface area contributed by atoms with Crippen LogP contribution in [0.1, 0.15) is 0 Å². The molecule has 0 saturated carbocycles. The summed E-state index contributed by atoms with van der Waals surface area (Å²) in [6.07, 6.45) is 1.47. The average molecular weight is 382 g/mol. The molecule has 0 radical (unpaired) electrons. The third-order valence-corrected chi connectivity index (χ3v) is 6.67. The van der Waals surface area contributed by atoms with Crippen molar-refractivity contribution in [3.8, 4) is 0 Å². The average Bonchev–Trinajstić information content (AvgIpc) is 2.73. The van der Waals surface area contributed by atoms with Gasteiger partial charge >= 0.3 is 0 Å². The van der Waals surface area contributed by atoms with Crippen LogP contribution >= 0.6 is 0 Å². The molecule has 140 valence electrons. The largest absolute Gasteiger partial charge is 0.386 e. The Balaban J connectivity index is 1.90. The minimum absolute atomic E-state index is 0.196. The third-order valence-electron chi connectivity index (χ3n) is 4.89. The van der Waals surface area contributed by atoms with Gasteiger partial charge in [-0.25, -0.2) is 8.42 Å². The van der Waals surface area contributed by atoms with Crippen molar-refractivity contribution in [1.82, 2.24) is 10.3 Å². The third kappa shape index (κ3) is 3.13. The van der Waals surface area contributed by atoms with E-state index in [-0.39, 0.29) is 9.79 Å². The molecule has 1 saturated heterocycles. The Hall–Kier alpha value is -2.64. The van der Waals surface area contributed by atoms with Crippen LogP contribution in [0.25, 0.3) is 10.9 Å². The minimum atomic E-state index is -3.66. The summed E-state index contributed by atoms with van der Waals surface area (Å²) in [5.41, 5.74) is 2.44. The van der Waals surface area contributed by atoms with Crippen molar-refractivity contribution in [2.24, 2.45) is 0 Å². The number of piperazine rings is 1. The van der Waals surface area contributed by atoms with E-state index in [9.17, 15) is 8.42 Å². The summed E-state index contributed by atoms with van der Waals surface area (Å²) in [7, 11) is -1.91. The lowest BCUT2D eigenvalue weighted by molar-refractivity contribution is 0.590. The zero-order chi connectivity index (χ0) is 18.9. The summed E-state index contributed by atoms with van der Waals surface area (Å²) in [6, 6.07) is 14.4. The molecule has 3 aromatic rings. The lowest BCUT2D eigenvalue weighted by Gasteiger charge is -2.30. The fourth-order valence-electron chi connectivity index (χ4n) is 3.54. The van der Waals surface area contributed by atoms with Gasteiger partial charge in [-0.3, -0.25) is 4.98 Å². The normalized spacial score (nSPS) is 15.1. The Bertz CT molecular complexity index is 1060. The van der Waals surface area contributed by atoms with Gasteiger partial charge in [0.1, 0.15) is 4.90 Å². The Labute approximate surface area is 159 Å². The first-order chi connectivity index (χ1) is 13.1. The van der Waals surface area contributed by atoms with Crippen LogP contribution in [0.2, 0.25) is 0 Å². The molecule has 0 atom stereocenters. The number of benzene rings is 2. The van der Waals surface area contributed by atoms with Crippen molar-refractivity contribution in [3.63, 3.8) is 0 Å². The van der Waals surface area contributed by atoms with Crippen molar-refractivity contribution in [1.29, 1.82) is 0 Å². The van der Waals surface area contributed by atoms with Crippen molar-refractivity contribution >= 4 is 32.1 Å². The summed E-state index contributed by atoms with van der Waals surface area (Å²) in [5.74, 6) is 0. The second-order valence-electron chi connectivity index (χ2n) is 6.47. The number of nitrogens with zero attached hydrogens (tertiary/aromatic N) is 2. The van der Waals surface area contributed by atoms with E-state index in [0.29, 0.717) is 5.69 Å². The van der Waals surface area contributed by atoms with E-state index in [2.05, 4.69) is 20.5 Å². The van der Waals surface area contributed by atoms with E-state index in [1.807, 2.05) is 18.2 Å². The van der Waals surface area contributed by atoms with Crippen LogP contribution in [0, 0.1) is 0 Å². The van der Waals surface area contributed by atoms with E-state index < -0.39 is 9.84 Å². The van der Waals surface area contributed by atoms with Crippen LogP contribution in [0.15, 0.2) is 64.5 Å². The molecule has 1 fully saturated rings. The maximum Gasteiger partial charge on any atom is 0.210 e. The number of fused-ring (bicyclic) bond motifs is 1. The summed E-state index contributed by atoms with van der Waals surface area (Å²) in [6.45, 7) is 3.66. The molecule has 0 unspecified atom stereocenters. The number of hydrogen-bond donors (Lipinski definition) is 2. The zero-order valence-corrected chi connectivity index (χ0v) is 16.0. The van der Waals surface area contributed by atoms with Gasteiger partial charge in [0, 0.05) is 44.8 Å². The second-order valence-corrected chi connectivity index (χ2v) is 8.39. The summed E-state index contributed by atoms with van der Waals surface area (Å²) >= 11 is 0. The molecular formula is C20H22N4O2S. The molecule has 1 aromatic heterocycles. The van der Waals surface area contributed by atoms with Gasteiger partial charge in [0.25, 0.3) is 0 Å². The van der Waals surface area contributed by atoms with Crippen LogP contribution in [0.3, 0.4) is 0 Å². The van der Waals surface area contributed by atoms with E-state index in [1.54, 1.807) is 37.4 Å². The van der Waals surface area contributed by atoms with Gasteiger partial charge < -0.3 is 15.5 Å². The summed E-state index contributed by atoms with van der Waals surface area (Å²) in [4.78, 5) is 7.32. The van der Waals surface area contributed by atoms with Gasteiger partial charge in [-0.2, -0.15) is 0 Å². The number of pyridine rings is 1. The molecular weight excluding hydrogens is 360 g/mol. The highest BCUT2D eigenvalue weighted by atomic mass is 32.2. The fraction of sp³-hybridized carbons (Fsp3) is 0.250. The highest BCUT2D eigenvalue weighted by Gasteiger charge is 2.24. The van der Waals surface area contributed by atoms with Crippen molar-refractivity contribution in [2.45, 2.75) is 9.79 Å². The molecule has 1 aliphatic rings. The van der Waals surface area contributed by atoms with Gasteiger partial charge in [-0.1, -0.05) is 30.3 Å². The molecule has 2 N–H and O–H groups in total. The predicted molar refractivity (Wildman–Crippen MR) is 108 cm³/mol. The summed E-state index contributed by atoms with van der Waals surface area (Å²) < 4.78 is 26.3. The Morgan fingerprint density at radius 3 is 2.48 bits per heavy atom. The lowest BCUT2D eigenvalue weighted by atomic mass is 10.1. The van der Waals surface area contributed by atoms with Crippen LogP contribution < -0.4 is 15.5 Å². The monoisotopic (exact) mass is 382 g/mol. The molecule has 2 heterocycles. The Kier molecular flexibility index (Phi) is 4.72. The first-order valence-corrected chi connectivity index (χ1v) is 10.5. The number of sulfone groups is 1. The standard InChI is InChI=1S/C20H22N4O2S/c1-21-20-16-8-5-9-17(24-12-10-22-11-13-24)19(16)23-14-18(20)27(25,26)15-6-3-2-4-7-15/h2-9,14,22H,10-13H2,1H3,(H,21,23). The maximum atomic E-state index is 13.1. The van der Waals surface area contributed by atoms with Gasteiger partial charge in [0.15, 0.2) is 0 Å². The van der Waals surface area contributed by atoms with Gasteiger partial charge in [0.05, 0.1) is 21.8 Å². The van der Waals surface area contributed by atoms with Crippen LogP contribution in [0.4, 0.5) is 11.4 Å². The van der Waals surface area contributed by atoms with E-state index in [0.717, 1.165) is 42.8 Å². The molecule has 0 amide bonds. The molecule has 2 aromatic carbocycles. The molecule has 7 heteroatoms. The second kappa shape index (κ2) is 7.17. The van der Waals surface area contributed by atoms with Crippen LogP contribution in [0.5, 0.6) is 0 Å². The van der Waals surface area contributed by atoms with Crippen LogP contribution in [-0.4, -0.2) is 46.6 Å². The quantitative estimate of drug-likeness (QED) is 0.722. The number of anilines is 2. The predicted octanol–water partition coefficient (Wildman–Crippen LogP) is 2.52. The van der Waals surface area contributed by atoms with Gasteiger partial charge in [-0.15, -0.1) is 0 Å². The molecule has 6 nitrogen and oxygen atoms in total. The highest BCUT2D eigenvalue weighted by molar-refractivity contribution is 7.91. The Morgan fingerprint density at radius 2 is 1.78 bits per heavy atom.